The third kappa shape index (κ3) is 4.17. The molecule has 0 aliphatic heterocycles. The van der Waals surface area contributed by atoms with Crippen molar-refractivity contribution >= 4 is 11.8 Å². The van der Waals surface area contributed by atoms with Gasteiger partial charge in [-0.3, -0.25) is 0 Å². The maximum atomic E-state index is 6.42. The highest BCUT2D eigenvalue weighted by Gasteiger charge is 2.26. The average molecular weight is 255 g/mol. The lowest BCUT2D eigenvalue weighted by Gasteiger charge is -2.32. The number of rotatable bonds is 5. The molecular formula is C15H29NS. The van der Waals surface area contributed by atoms with Crippen molar-refractivity contribution in [3.05, 3.63) is 0 Å². The maximum absolute atomic E-state index is 6.42. The predicted octanol–water partition coefficient (Wildman–Crippen LogP) is 4.21. The van der Waals surface area contributed by atoms with Crippen molar-refractivity contribution in [2.45, 2.75) is 76.0 Å². The van der Waals surface area contributed by atoms with Crippen LogP contribution in [0.4, 0.5) is 0 Å². The van der Waals surface area contributed by atoms with Crippen molar-refractivity contribution < 1.29 is 0 Å². The van der Waals surface area contributed by atoms with E-state index < -0.39 is 0 Å². The summed E-state index contributed by atoms with van der Waals surface area (Å²) in [5.74, 6) is 3.00. The zero-order valence-corrected chi connectivity index (χ0v) is 12.2. The van der Waals surface area contributed by atoms with Crippen LogP contribution in [0.5, 0.6) is 0 Å². The van der Waals surface area contributed by atoms with E-state index in [0.29, 0.717) is 6.04 Å². The third-order valence-corrected chi connectivity index (χ3v) is 6.35. The second-order valence-electron chi connectivity index (χ2n) is 6.10. The molecule has 2 heteroatoms. The van der Waals surface area contributed by atoms with Crippen molar-refractivity contribution in [1.82, 2.24) is 0 Å². The van der Waals surface area contributed by atoms with E-state index in [1.807, 2.05) is 0 Å². The number of nitrogens with two attached hydrogens (primary N) is 1. The molecule has 1 nitrogen and oxygen atoms in total. The Morgan fingerprint density at radius 3 is 2.59 bits per heavy atom. The number of thioether (sulfide) groups is 1. The fourth-order valence-electron chi connectivity index (χ4n) is 3.53. The summed E-state index contributed by atoms with van der Waals surface area (Å²) in [4.78, 5) is 0. The summed E-state index contributed by atoms with van der Waals surface area (Å²) in [5.41, 5.74) is 6.42. The second kappa shape index (κ2) is 7.04. The smallest absolute Gasteiger partial charge is 0.0159 e. The van der Waals surface area contributed by atoms with Crippen LogP contribution in [-0.4, -0.2) is 17.0 Å². The van der Waals surface area contributed by atoms with Gasteiger partial charge in [-0.15, -0.1) is 0 Å². The van der Waals surface area contributed by atoms with E-state index in [4.69, 9.17) is 5.73 Å². The lowest BCUT2D eigenvalue weighted by Crippen LogP contribution is -2.36. The minimum Gasteiger partial charge on any atom is -0.327 e. The molecule has 0 heterocycles. The van der Waals surface area contributed by atoms with Gasteiger partial charge in [0.05, 0.1) is 0 Å². The first-order chi connectivity index (χ1) is 8.29. The van der Waals surface area contributed by atoms with Gasteiger partial charge in [0.25, 0.3) is 0 Å². The van der Waals surface area contributed by atoms with Gasteiger partial charge in [-0.05, 0) is 37.5 Å². The van der Waals surface area contributed by atoms with E-state index in [1.165, 1.54) is 63.5 Å². The summed E-state index contributed by atoms with van der Waals surface area (Å²) in [5, 5.41) is 0.937. The van der Waals surface area contributed by atoms with E-state index in [9.17, 15) is 0 Å². The fraction of sp³-hybridized carbons (Fsp3) is 1.00. The summed E-state index contributed by atoms with van der Waals surface area (Å²) < 4.78 is 0. The molecule has 2 fully saturated rings. The Morgan fingerprint density at radius 1 is 1.12 bits per heavy atom. The standard InChI is InChI=1S/C15H29NS/c1-2-12-6-5-7-13(10-12)15(16)11-17-14-8-3-4-9-14/h12-15H,2-11,16H2,1H3. The van der Waals surface area contributed by atoms with Gasteiger partial charge in [-0.2, -0.15) is 11.8 Å². The van der Waals surface area contributed by atoms with Crippen molar-refractivity contribution in [2.75, 3.05) is 5.75 Å². The summed E-state index contributed by atoms with van der Waals surface area (Å²) in [6.45, 7) is 2.34. The molecule has 2 N–H and O–H groups in total. The van der Waals surface area contributed by atoms with Crippen LogP contribution in [0, 0.1) is 11.8 Å². The van der Waals surface area contributed by atoms with Crippen LogP contribution >= 0.6 is 11.8 Å². The minimum atomic E-state index is 0.468. The third-order valence-electron chi connectivity index (χ3n) is 4.83. The molecule has 2 rings (SSSR count). The van der Waals surface area contributed by atoms with E-state index in [0.717, 1.165) is 17.1 Å². The largest absolute Gasteiger partial charge is 0.327 e. The van der Waals surface area contributed by atoms with Crippen molar-refractivity contribution in [3.8, 4) is 0 Å². The van der Waals surface area contributed by atoms with Crippen LogP contribution in [0.15, 0.2) is 0 Å². The minimum absolute atomic E-state index is 0.468. The quantitative estimate of drug-likeness (QED) is 0.796. The van der Waals surface area contributed by atoms with E-state index >= 15 is 0 Å². The molecule has 3 atom stereocenters. The molecule has 0 aromatic carbocycles. The Kier molecular flexibility index (Phi) is 5.68. The van der Waals surface area contributed by atoms with Gasteiger partial charge in [0.1, 0.15) is 0 Å². The van der Waals surface area contributed by atoms with Gasteiger partial charge >= 0.3 is 0 Å². The molecule has 17 heavy (non-hydrogen) atoms. The lowest BCUT2D eigenvalue weighted by atomic mass is 9.77. The highest BCUT2D eigenvalue weighted by Crippen LogP contribution is 2.35. The van der Waals surface area contributed by atoms with Gasteiger partial charge < -0.3 is 5.73 Å². The SMILES string of the molecule is CCC1CCCC(C(N)CSC2CCCC2)C1. The molecule has 2 aliphatic carbocycles. The van der Waals surface area contributed by atoms with Gasteiger partial charge in [0.15, 0.2) is 0 Å². The first kappa shape index (κ1) is 13.7. The van der Waals surface area contributed by atoms with Crippen LogP contribution in [0.3, 0.4) is 0 Å². The van der Waals surface area contributed by atoms with Crippen molar-refractivity contribution in [1.29, 1.82) is 0 Å². The Hall–Kier alpha value is 0.310. The van der Waals surface area contributed by atoms with Crippen LogP contribution in [-0.2, 0) is 0 Å². The summed E-state index contributed by atoms with van der Waals surface area (Å²) >= 11 is 2.17. The first-order valence-corrected chi connectivity index (χ1v) is 8.71. The van der Waals surface area contributed by atoms with Gasteiger partial charge in [-0.25, -0.2) is 0 Å². The Bertz CT molecular complexity index is 213. The predicted molar refractivity (Wildman–Crippen MR) is 78.4 cm³/mol. The van der Waals surface area contributed by atoms with E-state index in [1.54, 1.807) is 0 Å². The van der Waals surface area contributed by atoms with Gasteiger partial charge in [-0.1, -0.05) is 39.0 Å². The van der Waals surface area contributed by atoms with Gasteiger partial charge in [0.2, 0.25) is 0 Å². The normalized spacial score (nSPS) is 32.8. The van der Waals surface area contributed by atoms with Crippen molar-refractivity contribution in [2.24, 2.45) is 17.6 Å². The van der Waals surface area contributed by atoms with E-state index in [-0.39, 0.29) is 0 Å². The van der Waals surface area contributed by atoms with Crippen LogP contribution < -0.4 is 5.73 Å². The van der Waals surface area contributed by atoms with Crippen molar-refractivity contribution in [3.63, 3.8) is 0 Å². The summed E-state index contributed by atoms with van der Waals surface area (Å²) in [6, 6.07) is 0.468. The molecule has 0 saturated heterocycles. The molecule has 3 unspecified atom stereocenters. The van der Waals surface area contributed by atoms with Crippen LogP contribution in [0.25, 0.3) is 0 Å². The molecule has 0 aromatic heterocycles. The number of hydrogen-bond acceptors (Lipinski definition) is 2. The van der Waals surface area contributed by atoms with Gasteiger partial charge in [0, 0.05) is 17.0 Å². The molecule has 0 bridgehead atoms. The first-order valence-electron chi connectivity index (χ1n) is 7.66. The zero-order valence-electron chi connectivity index (χ0n) is 11.4. The number of hydrogen-bond donors (Lipinski definition) is 1. The maximum Gasteiger partial charge on any atom is 0.0159 e. The average Bonchev–Trinajstić information content (AvgIpc) is 2.89. The Balaban J connectivity index is 1.68. The summed E-state index contributed by atoms with van der Waals surface area (Å²) in [6.07, 6.45) is 12.8. The zero-order chi connectivity index (χ0) is 12.1. The second-order valence-corrected chi connectivity index (χ2v) is 7.44. The van der Waals surface area contributed by atoms with Crippen LogP contribution in [0.1, 0.15) is 64.7 Å². The molecular weight excluding hydrogens is 226 g/mol. The highest BCUT2D eigenvalue weighted by molar-refractivity contribution is 7.99. The molecule has 0 aromatic rings. The molecule has 0 spiro atoms. The molecule has 0 radical (unpaired) electrons. The lowest BCUT2D eigenvalue weighted by molar-refractivity contribution is 0.237. The van der Waals surface area contributed by atoms with E-state index in [2.05, 4.69) is 18.7 Å². The molecule has 2 aliphatic rings. The summed E-state index contributed by atoms with van der Waals surface area (Å²) in [7, 11) is 0. The molecule has 100 valence electrons. The Morgan fingerprint density at radius 2 is 1.88 bits per heavy atom. The van der Waals surface area contributed by atoms with Crippen LogP contribution in [0.2, 0.25) is 0 Å². The monoisotopic (exact) mass is 255 g/mol. The topological polar surface area (TPSA) is 26.0 Å². The molecule has 0 amide bonds. The molecule has 2 saturated carbocycles. The highest BCUT2D eigenvalue weighted by atomic mass is 32.2. The Labute approximate surface area is 111 Å². The fourth-order valence-corrected chi connectivity index (χ4v) is 4.96.